The lowest BCUT2D eigenvalue weighted by Gasteiger charge is -2.09. The molecule has 9 rings (SSSR count). The van der Waals surface area contributed by atoms with E-state index in [1.165, 1.54) is 36.8 Å². The Hall–Kier alpha value is -3.81. The van der Waals surface area contributed by atoms with Gasteiger partial charge in [0.1, 0.15) is 11.6 Å². The molecule has 6 atom stereocenters. The third-order valence-electron chi connectivity index (χ3n) is 9.10. The topological polar surface area (TPSA) is 94.3 Å². The zero-order chi connectivity index (χ0) is 24.8. The van der Waals surface area contributed by atoms with Crippen molar-refractivity contribution in [2.24, 2.45) is 11.8 Å². The van der Waals surface area contributed by atoms with Gasteiger partial charge in [-0.2, -0.15) is 0 Å². The number of pyridine rings is 1. The largest absolute Gasteiger partial charge is 0.341 e. The molecule has 0 radical (unpaired) electrons. The van der Waals surface area contributed by atoms with E-state index in [0.29, 0.717) is 18.1 Å². The molecule has 2 aromatic carbocycles. The fourth-order valence-electron chi connectivity index (χ4n) is 6.67. The monoisotopic (exact) mass is 499 g/mol. The highest BCUT2D eigenvalue weighted by Gasteiger charge is 2.47. The summed E-state index contributed by atoms with van der Waals surface area (Å²) >= 11 is 0. The van der Waals surface area contributed by atoms with Gasteiger partial charge in [0.15, 0.2) is 0 Å². The number of hydrogen-bond acceptors (Lipinski definition) is 5. The molecule has 4 N–H and O–H groups in total. The smallest absolute Gasteiger partial charge is 0.123 e. The highest BCUT2D eigenvalue weighted by Crippen LogP contribution is 2.46. The van der Waals surface area contributed by atoms with Gasteiger partial charge in [0.25, 0.3) is 0 Å². The van der Waals surface area contributed by atoms with E-state index in [-0.39, 0.29) is 0 Å². The van der Waals surface area contributed by atoms with E-state index < -0.39 is 0 Å². The summed E-state index contributed by atoms with van der Waals surface area (Å²) in [5.41, 5.74) is 7.51. The zero-order valence-electron chi connectivity index (χ0n) is 21.0. The molecule has 4 fully saturated rings. The fourth-order valence-corrected chi connectivity index (χ4v) is 6.67. The summed E-state index contributed by atoms with van der Waals surface area (Å²) in [6, 6.07) is 21.6. The van der Waals surface area contributed by atoms with Crippen LogP contribution in [-0.4, -0.2) is 37.0 Å². The van der Waals surface area contributed by atoms with Crippen LogP contribution in [0.2, 0.25) is 0 Å². The Morgan fingerprint density at radius 1 is 0.605 bits per heavy atom. The lowest BCUT2D eigenvalue weighted by Crippen LogP contribution is -2.18. The molecule has 7 nitrogen and oxygen atoms in total. The summed E-state index contributed by atoms with van der Waals surface area (Å²) in [7, 11) is 0. The van der Waals surface area contributed by atoms with Crippen LogP contribution in [0.5, 0.6) is 0 Å². The minimum atomic E-state index is 0.354. The van der Waals surface area contributed by atoms with Crippen LogP contribution < -0.4 is 10.6 Å². The van der Waals surface area contributed by atoms with Crippen LogP contribution in [0.25, 0.3) is 44.7 Å². The maximum absolute atomic E-state index is 4.93. The van der Waals surface area contributed by atoms with Crippen LogP contribution in [0.4, 0.5) is 0 Å². The van der Waals surface area contributed by atoms with Gasteiger partial charge in [-0.05, 0) is 72.4 Å². The Morgan fingerprint density at radius 3 is 1.92 bits per heavy atom. The molecule has 5 aromatic rings. The number of nitrogens with one attached hydrogen (secondary N) is 4. The quantitative estimate of drug-likeness (QED) is 0.255. The minimum absolute atomic E-state index is 0.354. The Kier molecular flexibility index (Phi) is 4.37. The lowest BCUT2D eigenvalue weighted by atomic mass is 10.0. The number of imidazole rings is 2. The van der Waals surface area contributed by atoms with Crippen molar-refractivity contribution < 1.29 is 0 Å². The van der Waals surface area contributed by atoms with Crippen molar-refractivity contribution in [3.8, 4) is 33.8 Å². The van der Waals surface area contributed by atoms with Gasteiger partial charge in [-0.3, -0.25) is 0 Å². The van der Waals surface area contributed by atoms with Crippen molar-refractivity contribution in [1.29, 1.82) is 0 Å². The van der Waals surface area contributed by atoms with Gasteiger partial charge in [-0.1, -0.05) is 36.4 Å². The Bertz CT molecular complexity index is 1660. The van der Waals surface area contributed by atoms with Crippen molar-refractivity contribution in [3.05, 3.63) is 78.6 Å². The van der Waals surface area contributed by atoms with Crippen LogP contribution >= 0.6 is 0 Å². The molecule has 0 amide bonds. The predicted octanol–water partition coefficient (Wildman–Crippen LogP) is 5.53. The first-order valence-corrected chi connectivity index (χ1v) is 13.9. The zero-order valence-corrected chi connectivity index (χ0v) is 21.0. The molecule has 2 saturated heterocycles. The van der Waals surface area contributed by atoms with Gasteiger partial charge >= 0.3 is 0 Å². The van der Waals surface area contributed by atoms with Crippen molar-refractivity contribution in [2.75, 3.05) is 0 Å². The van der Waals surface area contributed by atoms with E-state index in [4.69, 9.17) is 4.98 Å². The summed E-state index contributed by atoms with van der Waals surface area (Å²) in [4.78, 5) is 21.3. The average Bonchev–Trinajstić information content (AvgIpc) is 3.52. The van der Waals surface area contributed by atoms with Gasteiger partial charge in [0.05, 0.1) is 47.1 Å². The SMILES string of the molecule is c1cc(-c2cnc(C3CC4CC4N3)[nH]2)ccc1-c1ccc2nc(-c3cnc(C4CC5CC5N4)[nH]3)ccc2c1. The van der Waals surface area contributed by atoms with Crippen molar-refractivity contribution in [2.45, 2.75) is 49.9 Å². The normalized spacial score (nSPS) is 28.9. The van der Waals surface area contributed by atoms with Gasteiger partial charge in [-0.25, -0.2) is 15.0 Å². The molecule has 6 unspecified atom stereocenters. The van der Waals surface area contributed by atoms with E-state index in [9.17, 15) is 0 Å². The molecule has 4 aliphatic rings. The van der Waals surface area contributed by atoms with Gasteiger partial charge < -0.3 is 20.6 Å². The molecular formula is C31H29N7. The summed E-state index contributed by atoms with van der Waals surface area (Å²) in [5, 5.41) is 8.48. The van der Waals surface area contributed by atoms with E-state index in [1.54, 1.807) is 0 Å². The standard InChI is InChI=1S/C31H29N7/c1-3-17(28-14-32-30(37-28)26-12-20-10-24(20)35-26)4-2-16(1)18-5-7-22-19(9-18)6-8-23(34-22)29-15-33-31(38-29)27-13-21-11-25(21)36-27/h1-9,14-15,20-21,24-27,35-36H,10-13H2,(H,32,37)(H,33,38). The third kappa shape index (κ3) is 3.53. The Balaban J connectivity index is 0.938. The summed E-state index contributed by atoms with van der Waals surface area (Å²) < 4.78 is 0. The molecule has 2 saturated carbocycles. The average molecular weight is 500 g/mol. The molecular weight excluding hydrogens is 470 g/mol. The lowest BCUT2D eigenvalue weighted by molar-refractivity contribution is 0.543. The number of fused-ring (bicyclic) bond motifs is 3. The maximum atomic E-state index is 4.93. The van der Waals surface area contributed by atoms with Gasteiger partial charge in [-0.15, -0.1) is 0 Å². The summed E-state index contributed by atoms with van der Waals surface area (Å²) in [5.74, 6) is 3.81. The highest BCUT2D eigenvalue weighted by molar-refractivity contribution is 5.86. The number of aromatic amines is 2. The predicted molar refractivity (Wildman–Crippen MR) is 147 cm³/mol. The summed E-state index contributed by atoms with van der Waals surface area (Å²) in [6.45, 7) is 0. The van der Waals surface area contributed by atoms with E-state index >= 15 is 0 Å². The van der Waals surface area contributed by atoms with E-state index in [0.717, 1.165) is 63.1 Å². The minimum Gasteiger partial charge on any atom is -0.341 e. The van der Waals surface area contributed by atoms with Crippen LogP contribution in [0.1, 0.15) is 49.4 Å². The second-order valence-electron chi connectivity index (χ2n) is 11.7. The second-order valence-corrected chi connectivity index (χ2v) is 11.7. The number of rotatable bonds is 5. The van der Waals surface area contributed by atoms with Crippen LogP contribution in [0.3, 0.4) is 0 Å². The molecule has 0 spiro atoms. The summed E-state index contributed by atoms with van der Waals surface area (Å²) in [6.07, 6.45) is 8.93. The molecule has 0 bridgehead atoms. The first-order chi connectivity index (χ1) is 18.7. The van der Waals surface area contributed by atoms with E-state index in [1.807, 2.05) is 12.4 Å². The molecule has 3 aromatic heterocycles. The Labute approximate surface area is 220 Å². The van der Waals surface area contributed by atoms with Crippen molar-refractivity contribution >= 4 is 10.9 Å². The number of hydrogen-bond donors (Lipinski definition) is 4. The third-order valence-corrected chi connectivity index (χ3v) is 9.10. The number of nitrogens with zero attached hydrogens (tertiary/aromatic N) is 3. The Morgan fingerprint density at radius 2 is 1.24 bits per heavy atom. The second kappa shape index (κ2) is 7.85. The van der Waals surface area contributed by atoms with Gasteiger partial charge in [0.2, 0.25) is 0 Å². The van der Waals surface area contributed by atoms with Crippen molar-refractivity contribution in [3.63, 3.8) is 0 Å². The maximum Gasteiger partial charge on any atom is 0.123 e. The van der Waals surface area contributed by atoms with E-state index in [2.05, 4.69) is 85.2 Å². The molecule has 7 heteroatoms. The van der Waals surface area contributed by atoms with Crippen molar-refractivity contribution in [1.82, 2.24) is 35.6 Å². The molecule has 2 aliphatic heterocycles. The molecule has 5 heterocycles. The first kappa shape index (κ1) is 21.2. The number of aromatic nitrogens is 5. The number of benzene rings is 2. The van der Waals surface area contributed by atoms with Gasteiger partial charge in [0, 0.05) is 17.5 Å². The van der Waals surface area contributed by atoms with Crippen LogP contribution in [0, 0.1) is 11.8 Å². The first-order valence-electron chi connectivity index (χ1n) is 13.9. The van der Waals surface area contributed by atoms with Crippen LogP contribution in [-0.2, 0) is 0 Å². The number of piperidine rings is 2. The molecule has 38 heavy (non-hydrogen) atoms. The molecule has 2 aliphatic carbocycles. The number of H-pyrrole nitrogens is 2. The van der Waals surface area contributed by atoms with Crippen LogP contribution in [0.15, 0.2) is 67.0 Å². The highest BCUT2D eigenvalue weighted by atomic mass is 15.1. The fraction of sp³-hybridized carbons (Fsp3) is 0.323. The molecule has 188 valence electrons.